The number of imidazole rings is 1. The topological polar surface area (TPSA) is 63.9 Å². The van der Waals surface area contributed by atoms with Crippen molar-refractivity contribution in [1.82, 2.24) is 24.4 Å². The van der Waals surface area contributed by atoms with Crippen molar-refractivity contribution >= 4 is 5.91 Å². The summed E-state index contributed by atoms with van der Waals surface area (Å²) in [5.74, 6) is 1.77. The van der Waals surface area contributed by atoms with Crippen LogP contribution in [0.4, 0.5) is 0 Å². The number of amides is 1. The Kier molecular flexibility index (Phi) is 5.12. The van der Waals surface area contributed by atoms with E-state index in [-0.39, 0.29) is 11.3 Å². The van der Waals surface area contributed by atoms with Gasteiger partial charge in [0.1, 0.15) is 11.5 Å². The normalized spacial score (nSPS) is 16.1. The number of likely N-dealkylation sites (tertiary alicyclic amines) is 1. The van der Waals surface area contributed by atoms with Crippen LogP contribution >= 0.6 is 0 Å². The van der Waals surface area contributed by atoms with Crippen molar-refractivity contribution in [2.24, 2.45) is 18.4 Å². The standard InChI is InChI=1S/C20H29N5O/c1-14-22-13-18(24(14)5)17-12-21-11-16(23-17)10-15-6-8-25(9-7-15)19(26)20(2,3)4/h11-13,15H,6-10H2,1-5H3. The van der Waals surface area contributed by atoms with Gasteiger partial charge in [0.2, 0.25) is 5.91 Å². The van der Waals surface area contributed by atoms with Crippen molar-refractivity contribution < 1.29 is 4.79 Å². The Morgan fingerprint density at radius 3 is 2.46 bits per heavy atom. The molecule has 2 aromatic heterocycles. The number of nitrogens with zero attached hydrogens (tertiary/aromatic N) is 5. The van der Waals surface area contributed by atoms with Gasteiger partial charge in [0.15, 0.2) is 0 Å². The van der Waals surface area contributed by atoms with E-state index in [1.807, 2.05) is 56.6 Å². The van der Waals surface area contributed by atoms with Crippen molar-refractivity contribution in [3.05, 3.63) is 30.1 Å². The molecule has 6 nitrogen and oxygen atoms in total. The van der Waals surface area contributed by atoms with Crippen LogP contribution in [0.15, 0.2) is 18.6 Å². The third kappa shape index (κ3) is 3.94. The van der Waals surface area contributed by atoms with E-state index in [0.717, 1.165) is 55.3 Å². The summed E-state index contributed by atoms with van der Waals surface area (Å²) < 4.78 is 2.03. The molecule has 0 N–H and O–H groups in total. The van der Waals surface area contributed by atoms with Gasteiger partial charge >= 0.3 is 0 Å². The van der Waals surface area contributed by atoms with Gasteiger partial charge in [-0.25, -0.2) is 9.97 Å². The second-order valence-corrected chi connectivity index (χ2v) is 8.34. The zero-order valence-corrected chi connectivity index (χ0v) is 16.5. The molecule has 0 spiro atoms. The Bertz CT molecular complexity index is 782. The molecular formula is C20H29N5O. The van der Waals surface area contributed by atoms with Gasteiger partial charge in [-0.1, -0.05) is 20.8 Å². The number of carbonyl (C=O) groups excluding carboxylic acids is 1. The number of rotatable bonds is 3. The lowest BCUT2D eigenvalue weighted by atomic mass is 9.89. The second kappa shape index (κ2) is 7.17. The van der Waals surface area contributed by atoms with Crippen LogP contribution < -0.4 is 0 Å². The van der Waals surface area contributed by atoms with Gasteiger partial charge in [-0.3, -0.25) is 9.78 Å². The van der Waals surface area contributed by atoms with Gasteiger partial charge in [-0.15, -0.1) is 0 Å². The molecule has 1 fully saturated rings. The molecule has 3 rings (SSSR count). The molecule has 1 saturated heterocycles. The van der Waals surface area contributed by atoms with Crippen LogP contribution in [0.1, 0.15) is 45.1 Å². The fraction of sp³-hybridized carbons (Fsp3) is 0.600. The largest absolute Gasteiger partial charge is 0.342 e. The summed E-state index contributed by atoms with van der Waals surface area (Å²) in [7, 11) is 1.99. The van der Waals surface area contributed by atoms with Crippen LogP contribution in [-0.4, -0.2) is 43.4 Å². The fourth-order valence-electron chi connectivity index (χ4n) is 3.48. The van der Waals surface area contributed by atoms with Gasteiger partial charge < -0.3 is 9.47 Å². The minimum atomic E-state index is -0.298. The number of carbonyl (C=O) groups is 1. The zero-order valence-electron chi connectivity index (χ0n) is 16.5. The number of hydrogen-bond acceptors (Lipinski definition) is 4. The van der Waals surface area contributed by atoms with E-state index in [2.05, 4.69) is 9.97 Å². The van der Waals surface area contributed by atoms with E-state index >= 15 is 0 Å². The predicted molar refractivity (Wildman–Crippen MR) is 101 cm³/mol. The highest BCUT2D eigenvalue weighted by Gasteiger charge is 2.30. The van der Waals surface area contributed by atoms with E-state index < -0.39 is 0 Å². The third-order valence-electron chi connectivity index (χ3n) is 5.21. The lowest BCUT2D eigenvalue weighted by molar-refractivity contribution is -0.140. The Balaban J connectivity index is 1.63. The molecule has 0 unspecified atom stereocenters. The molecule has 140 valence electrons. The van der Waals surface area contributed by atoms with Crippen molar-refractivity contribution in [2.45, 2.75) is 47.0 Å². The van der Waals surface area contributed by atoms with E-state index in [1.54, 1.807) is 6.20 Å². The van der Waals surface area contributed by atoms with E-state index in [1.165, 1.54) is 0 Å². The monoisotopic (exact) mass is 355 g/mol. The Labute approximate surface area is 155 Å². The minimum absolute atomic E-state index is 0.254. The van der Waals surface area contributed by atoms with Crippen LogP contribution in [0.2, 0.25) is 0 Å². The highest BCUT2D eigenvalue weighted by Crippen LogP contribution is 2.26. The molecular weight excluding hydrogens is 326 g/mol. The first-order valence-electron chi connectivity index (χ1n) is 9.34. The maximum absolute atomic E-state index is 12.4. The van der Waals surface area contributed by atoms with Gasteiger partial charge in [0.25, 0.3) is 0 Å². The Hall–Kier alpha value is -2.24. The molecule has 0 bridgehead atoms. The first-order valence-corrected chi connectivity index (χ1v) is 9.34. The van der Waals surface area contributed by atoms with Crippen molar-refractivity contribution in [3.63, 3.8) is 0 Å². The van der Waals surface area contributed by atoms with Crippen molar-refractivity contribution in [3.8, 4) is 11.4 Å². The quantitative estimate of drug-likeness (QED) is 0.849. The first kappa shape index (κ1) is 18.5. The van der Waals surface area contributed by atoms with Crippen LogP contribution in [0.3, 0.4) is 0 Å². The first-order chi connectivity index (χ1) is 12.3. The summed E-state index contributed by atoms with van der Waals surface area (Å²) >= 11 is 0. The summed E-state index contributed by atoms with van der Waals surface area (Å²) in [6.07, 6.45) is 8.47. The Morgan fingerprint density at radius 1 is 1.19 bits per heavy atom. The molecule has 0 aromatic carbocycles. The van der Waals surface area contributed by atoms with Crippen LogP contribution in [0.25, 0.3) is 11.4 Å². The molecule has 1 aliphatic rings. The molecule has 0 atom stereocenters. The molecule has 26 heavy (non-hydrogen) atoms. The lowest BCUT2D eigenvalue weighted by Gasteiger charge is -2.35. The lowest BCUT2D eigenvalue weighted by Crippen LogP contribution is -2.44. The molecule has 1 amide bonds. The van der Waals surface area contributed by atoms with Crippen molar-refractivity contribution in [2.75, 3.05) is 13.1 Å². The third-order valence-corrected chi connectivity index (χ3v) is 5.21. The molecule has 6 heteroatoms. The van der Waals surface area contributed by atoms with Crippen LogP contribution in [0, 0.1) is 18.3 Å². The number of piperidine rings is 1. The zero-order chi connectivity index (χ0) is 18.9. The maximum atomic E-state index is 12.4. The predicted octanol–water partition coefficient (Wildman–Crippen LogP) is 3.01. The van der Waals surface area contributed by atoms with Gasteiger partial charge in [-0.05, 0) is 32.1 Å². The molecule has 1 aliphatic heterocycles. The van der Waals surface area contributed by atoms with E-state index in [9.17, 15) is 4.79 Å². The van der Waals surface area contributed by atoms with Crippen LogP contribution in [0.5, 0.6) is 0 Å². The maximum Gasteiger partial charge on any atom is 0.227 e. The summed E-state index contributed by atoms with van der Waals surface area (Å²) in [4.78, 5) is 28.0. The summed E-state index contributed by atoms with van der Waals surface area (Å²) in [6, 6.07) is 0. The van der Waals surface area contributed by atoms with Crippen LogP contribution in [-0.2, 0) is 18.3 Å². The molecule has 0 aliphatic carbocycles. The Morgan fingerprint density at radius 2 is 1.88 bits per heavy atom. The molecule has 0 radical (unpaired) electrons. The van der Waals surface area contributed by atoms with E-state index in [4.69, 9.17) is 4.98 Å². The van der Waals surface area contributed by atoms with Gasteiger partial charge in [0.05, 0.1) is 23.8 Å². The minimum Gasteiger partial charge on any atom is -0.342 e. The van der Waals surface area contributed by atoms with Crippen molar-refractivity contribution in [1.29, 1.82) is 0 Å². The summed E-state index contributed by atoms with van der Waals surface area (Å²) in [6.45, 7) is 9.63. The molecule has 0 saturated carbocycles. The molecule has 3 heterocycles. The second-order valence-electron chi connectivity index (χ2n) is 8.34. The smallest absolute Gasteiger partial charge is 0.227 e. The number of aryl methyl sites for hydroxylation is 1. The van der Waals surface area contributed by atoms with E-state index in [0.29, 0.717) is 5.92 Å². The van der Waals surface area contributed by atoms with Gasteiger partial charge in [0, 0.05) is 31.7 Å². The number of hydrogen-bond donors (Lipinski definition) is 0. The highest BCUT2D eigenvalue weighted by molar-refractivity contribution is 5.81. The highest BCUT2D eigenvalue weighted by atomic mass is 16.2. The average molecular weight is 355 g/mol. The number of aromatic nitrogens is 4. The average Bonchev–Trinajstić information content (AvgIpc) is 2.94. The SMILES string of the molecule is Cc1ncc(-c2cncc(CC3CCN(C(=O)C(C)(C)C)CC3)n2)n1C. The van der Waals surface area contributed by atoms with Gasteiger partial charge in [-0.2, -0.15) is 0 Å². The molecule has 2 aromatic rings. The summed E-state index contributed by atoms with van der Waals surface area (Å²) in [5.41, 5.74) is 2.57. The summed E-state index contributed by atoms with van der Waals surface area (Å²) in [5, 5.41) is 0. The fourth-order valence-corrected chi connectivity index (χ4v) is 3.48.